The molecule has 3 nitrogen and oxygen atoms in total. The maximum atomic E-state index is 5.77. The predicted molar refractivity (Wildman–Crippen MR) is 82.4 cm³/mol. The number of fused-ring (bicyclic) bond motifs is 1. The molecule has 0 saturated carbocycles. The van der Waals surface area contributed by atoms with Crippen LogP contribution in [0.25, 0.3) is 0 Å². The first kappa shape index (κ1) is 15.3. The van der Waals surface area contributed by atoms with Gasteiger partial charge in [-0.15, -0.1) is 0 Å². The molecule has 0 aliphatic heterocycles. The van der Waals surface area contributed by atoms with Crippen LogP contribution < -0.4 is 10.1 Å². The summed E-state index contributed by atoms with van der Waals surface area (Å²) in [6.45, 7) is 8.54. The number of rotatable bonds is 7. The van der Waals surface area contributed by atoms with E-state index >= 15 is 0 Å². The lowest BCUT2D eigenvalue weighted by atomic mass is 9.87. The molecule has 0 heterocycles. The van der Waals surface area contributed by atoms with E-state index in [2.05, 4.69) is 30.4 Å². The molecule has 1 N–H and O–H groups in total. The average Bonchev–Trinajstić information content (AvgIpc) is 2.44. The molecule has 1 unspecified atom stereocenters. The Morgan fingerprint density at radius 1 is 1.30 bits per heavy atom. The molecular weight excluding hydrogens is 250 g/mol. The van der Waals surface area contributed by atoms with Crippen molar-refractivity contribution in [3.05, 3.63) is 29.3 Å². The van der Waals surface area contributed by atoms with Crippen LogP contribution in [0.15, 0.2) is 18.2 Å². The number of nitrogens with one attached hydrogen (secondary N) is 1. The Labute approximate surface area is 122 Å². The fourth-order valence-electron chi connectivity index (χ4n) is 2.78. The quantitative estimate of drug-likeness (QED) is 0.774. The van der Waals surface area contributed by atoms with Crippen molar-refractivity contribution in [3.63, 3.8) is 0 Å². The maximum absolute atomic E-state index is 5.77. The van der Waals surface area contributed by atoms with E-state index in [0.29, 0.717) is 19.3 Å². The van der Waals surface area contributed by atoms with Gasteiger partial charge in [-0.25, -0.2) is 0 Å². The van der Waals surface area contributed by atoms with Crippen molar-refractivity contribution < 1.29 is 9.47 Å². The highest BCUT2D eigenvalue weighted by Crippen LogP contribution is 2.32. The van der Waals surface area contributed by atoms with Crippen molar-refractivity contribution in [1.82, 2.24) is 5.32 Å². The van der Waals surface area contributed by atoms with Crippen LogP contribution in [-0.4, -0.2) is 25.9 Å². The average molecular weight is 277 g/mol. The second-order valence-corrected chi connectivity index (χ2v) is 5.63. The highest BCUT2D eigenvalue weighted by molar-refractivity contribution is 5.39. The second kappa shape index (κ2) is 7.65. The van der Waals surface area contributed by atoms with Crippen molar-refractivity contribution in [2.45, 2.75) is 52.2 Å². The summed E-state index contributed by atoms with van der Waals surface area (Å²) in [4.78, 5) is 0. The third-order valence-corrected chi connectivity index (χ3v) is 3.68. The molecule has 1 atom stereocenters. The van der Waals surface area contributed by atoms with Crippen LogP contribution in [0, 0.1) is 0 Å². The first-order valence-corrected chi connectivity index (χ1v) is 7.81. The van der Waals surface area contributed by atoms with E-state index < -0.39 is 0 Å². The number of ether oxygens (including phenoxy) is 2. The first-order valence-electron chi connectivity index (χ1n) is 7.81. The molecule has 3 heteroatoms. The van der Waals surface area contributed by atoms with Gasteiger partial charge in [-0.1, -0.05) is 13.0 Å². The van der Waals surface area contributed by atoms with E-state index in [4.69, 9.17) is 9.47 Å². The van der Waals surface area contributed by atoms with Gasteiger partial charge in [-0.2, -0.15) is 0 Å². The molecule has 1 aliphatic carbocycles. The number of hydrogen-bond acceptors (Lipinski definition) is 3. The standard InChI is InChI=1S/C17H27NO2/c1-4-18-17-7-5-6-14-12-15(8-9-16(14)17)20-11-10-19-13(2)3/h8-9,12-13,17-18H,4-7,10-11H2,1-3H3. The van der Waals surface area contributed by atoms with Gasteiger partial charge in [0.15, 0.2) is 0 Å². The van der Waals surface area contributed by atoms with Crippen LogP contribution >= 0.6 is 0 Å². The largest absolute Gasteiger partial charge is 0.491 e. The Morgan fingerprint density at radius 2 is 2.15 bits per heavy atom. The van der Waals surface area contributed by atoms with Crippen LogP contribution in [0.1, 0.15) is 50.8 Å². The Kier molecular flexibility index (Phi) is 5.86. The van der Waals surface area contributed by atoms with Gasteiger partial charge in [-0.05, 0) is 62.9 Å². The molecule has 0 amide bonds. The summed E-state index contributed by atoms with van der Waals surface area (Å²) in [5.41, 5.74) is 2.88. The van der Waals surface area contributed by atoms with Gasteiger partial charge in [0.05, 0.1) is 12.7 Å². The van der Waals surface area contributed by atoms with Gasteiger partial charge >= 0.3 is 0 Å². The molecule has 2 rings (SSSR count). The van der Waals surface area contributed by atoms with Gasteiger partial charge in [0.2, 0.25) is 0 Å². The van der Waals surface area contributed by atoms with Crippen molar-refractivity contribution >= 4 is 0 Å². The molecule has 0 fully saturated rings. The lowest BCUT2D eigenvalue weighted by Crippen LogP contribution is -2.24. The lowest BCUT2D eigenvalue weighted by Gasteiger charge is -2.26. The van der Waals surface area contributed by atoms with Crippen molar-refractivity contribution in [1.29, 1.82) is 0 Å². The molecule has 1 aliphatic rings. The zero-order valence-corrected chi connectivity index (χ0v) is 12.9. The zero-order valence-electron chi connectivity index (χ0n) is 12.9. The summed E-state index contributed by atoms with van der Waals surface area (Å²) in [7, 11) is 0. The van der Waals surface area contributed by atoms with Crippen LogP contribution in [0.4, 0.5) is 0 Å². The van der Waals surface area contributed by atoms with E-state index in [-0.39, 0.29) is 6.10 Å². The minimum Gasteiger partial charge on any atom is -0.491 e. The highest BCUT2D eigenvalue weighted by atomic mass is 16.5. The molecular formula is C17H27NO2. The lowest BCUT2D eigenvalue weighted by molar-refractivity contribution is 0.0552. The minimum absolute atomic E-state index is 0.267. The Hall–Kier alpha value is -1.06. The van der Waals surface area contributed by atoms with E-state index in [0.717, 1.165) is 18.7 Å². The molecule has 0 spiro atoms. The first-order chi connectivity index (χ1) is 9.70. The maximum Gasteiger partial charge on any atom is 0.119 e. The molecule has 20 heavy (non-hydrogen) atoms. The SMILES string of the molecule is CCNC1CCCc2cc(OCCOC(C)C)ccc21. The fraction of sp³-hybridized carbons (Fsp3) is 0.647. The molecule has 0 radical (unpaired) electrons. The zero-order chi connectivity index (χ0) is 14.4. The molecule has 1 aromatic rings. The summed E-state index contributed by atoms with van der Waals surface area (Å²) in [6, 6.07) is 7.03. The van der Waals surface area contributed by atoms with Crippen molar-refractivity contribution in [2.24, 2.45) is 0 Å². The summed E-state index contributed by atoms with van der Waals surface area (Å²) >= 11 is 0. The fourth-order valence-corrected chi connectivity index (χ4v) is 2.78. The molecule has 112 valence electrons. The third kappa shape index (κ3) is 4.22. The second-order valence-electron chi connectivity index (χ2n) is 5.63. The van der Waals surface area contributed by atoms with Crippen LogP contribution in [0.2, 0.25) is 0 Å². The summed E-state index contributed by atoms with van der Waals surface area (Å²) in [5, 5.41) is 3.56. The predicted octanol–water partition coefficient (Wildman–Crippen LogP) is 3.48. The summed E-state index contributed by atoms with van der Waals surface area (Å²) in [6.07, 6.45) is 3.92. The number of aryl methyl sites for hydroxylation is 1. The Morgan fingerprint density at radius 3 is 2.90 bits per heavy atom. The van der Waals surface area contributed by atoms with Gasteiger partial charge < -0.3 is 14.8 Å². The smallest absolute Gasteiger partial charge is 0.119 e. The van der Waals surface area contributed by atoms with Gasteiger partial charge in [0, 0.05) is 6.04 Å². The van der Waals surface area contributed by atoms with Crippen molar-refractivity contribution in [2.75, 3.05) is 19.8 Å². The molecule has 0 saturated heterocycles. The summed E-state index contributed by atoms with van der Waals surface area (Å²) in [5.74, 6) is 0.966. The van der Waals surface area contributed by atoms with Gasteiger partial charge in [0.25, 0.3) is 0 Å². The van der Waals surface area contributed by atoms with Crippen molar-refractivity contribution in [3.8, 4) is 5.75 Å². The third-order valence-electron chi connectivity index (χ3n) is 3.68. The van der Waals surface area contributed by atoms with Gasteiger partial charge in [0.1, 0.15) is 12.4 Å². The monoisotopic (exact) mass is 277 g/mol. The van der Waals surface area contributed by atoms with E-state index in [9.17, 15) is 0 Å². The van der Waals surface area contributed by atoms with Crippen LogP contribution in [-0.2, 0) is 11.2 Å². The number of benzene rings is 1. The van der Waals surface area contributed by atoms with Crippen LogP contribution in [0.5, 0.6) is 5.75 Å². The number of hydrogen-bond donors (Lipinski definition) is 1. The Bertz CT molecular complexity index is 417. The normalized spacial score (nSPS) is 18.1. The minimum atomic E-state index is 0.267. The topological polar surface area (TPSA) is 30.5 Å². The van der Waals surface area contributed by atoms with Gasteiger partial charge in [-0.3, -0.25) is 0 Å². The molecule has 1 aromatic carbocycles. The molecule has 0 bridgehead atoms. The van der Waals surface area contributed by atoms with E-state index in [1.165, 1.54) is 24.0 Å². The molecule has 0 aromatic heterocycles. The van der Waals surface area contributed by atoms with Crippen LogP contribution in [0.3, 0.4) is 0 Å². The van der Waals surface area contributed by atoms with E-state index in [1.54, 1.807) is 0 Å². The van der Waals surface area contributed by atoms with E-state index in [1.807, 2.05) is 13.8 Å². The Balaban J connectivity index is 1.93. The highest BCUT2D eigenvalue weighted by Gasteiger charge is 2.19. The summed E-state index contributed by atoms with van der Waals surface area (Å²) < 4.78 is 11.3.